The Kier molecular flexibility index (Phi) is 6.73. The van der Waals surface area contributed by atoms with Crippen molar-refractivity contribution < 1.29 is 17.9 Å². The van der Waals surface area contributed by atoms with Gasteiger partial charge < -0.3 is 10.1 Å². The minimum atomic E-state index is -3.45. The van der Waals surface area contributed by atoms with Crippen molar-refractivity contribution in [3.8, 4) is 0 Å². The fraction of sp³-hybridized carbons (Fsp3) is 0.562. The SMILES string of the molecule is Cc1ccc(NC(=O)CN(CCN2CCOCC2)S(C)(=O)=O)cc1. The van der Waals surface area contributed by atoms with E-state index in [1.807, 2.05) is 19.1 Å². The van der Waals surface area contributed by atoms with Crippen LogP contribution >= 0.6 is 0 Å². The normalized spacial score (nSPS) is 16.3. The van der Waals surface area contributed by atoms with E-state index < -0.39 is 10.0 Å². The van der Waals surface area contributed by atoms with E-state index in [0.717, 1.165) is 24.9 Å². The first-order valence-electron chi connectivity index (χ1n) is 7.96. The molecule has 1 heterocycles. The summed E-state index contributed by atoms with van der Waals surface area (Å²) >= 11 is 0. The molecule has 0 unspecified atom stereocenters. The standard InChI is InChI=1S/C16H25N3O4S/c1-14-3-5-15(6-4-14)17-16(20)13-19(24(2,21)22)8-7-18-9-11-23-12-10-18/h3-6H,7-13H2,1-2H3,(H,17,20). The third-order valence-corrected chi connectivity index (χ3v) is 5.14. The van der Waals surface area contributed by atoms with E-state index in [-0.39, 0.29) is 12.5 Å². The molecule has 1 saturated heterocycles. The van der Waals surface area contributed by atoms with Gasteiger partial charge in [-0.1, -0.05) is 17.7 Å². The number of anilines is 1. The van der Waals surface area contributed by atoms with Crippen LogP contribution in [0.2, 0.25) is 0 Å². The molecule has 0 spiro atoms. The van der Waals surface area contributed by atoms with Crippen molar-refractivity contribution in [1.82, 2.24) is 9.21 Å². The molecule has 1 aliphatic heterocycles. The molecule has 0 bridgehead atoms. The van der Waals surface area contributed by atoms with Crippen molar-refractivity contribution in [1.29, 1.82) is 0 Å². The number of nitrogens with zero attached hydrogens (tertiary/aromatic N) is 2. The summed E-state index contributed by atoms with van der Waals surface area (Å²) in [5.41, 5.74) is 1.75. The van der Waals surface area contributed by atoms with Gasteiger partial charge in [0.05, 0.1) is 26.0 Å². The number of rotatable bonds is 7. The number of nitrogens with one attached hydrogen (secondary N) is 1. The fourth-order valence-corrected chi connectivity index (χ4v) is 3.20. The van der Waals surface area contributed by atoms with Crippen molar-refractivity contribution in [2.75, 3.05) is 57.5 Å². The lowest BCUT2D eigenvalue weighted by atomic mass is 10.2. The molecule has 1 aromatic carbocycles. The van der Waals surface area contributed by atoms with Gasteiger partial charge >= 0.3 is 0 Å². The number of morpholine rings is 1. The first-order chi connectivity index (χ1) is 11.3. The van der Waals surface area contributed by atoms with Crippen LogP contribution < -0.4 is 5.32 Å². The van der Waals surface area contributed by atoms with Crippen molar-refractivity contribution in [2.24, 2.45) is 0 Å². The number of hydrogen-bond donors (Lipinski definition) is 1. The molecule has 134 valence electrons. The van der Waals surface area contributed by atoms with Crippen molar-refractivity contribution in [2.45, 2.75) is 6.92 Å². The number of amides is 1. The molecule has 1 amide bonds. The molecule has 1 aliphatic rings. The Morgan fingerprint density at radius 1 is 1.25 bits per heavy atom. The van der Waals surface area contributed by atoms with Gasteiger partial charge in [-0.05, 0) is 19.1 Å². The number of benzene rings is 1. The molecule has 0 aliphatic carbocycles. The third-order valence-electron chi connectivity index (χ3n) is 3.89. The second kappa shape index (κ2) is 8.57. The van der Waals surface area contributed by atoms with Gasteiger partial charge in [-0.15, -0.1) is 0 Å². The van der Waals surface area contributed by atoms with Gasteiger partial charge in [-0.25, -0.2) is 8.42 Å². The molecule has 1 fully saturated rings. The summed E-state index contributed by atoms with van der Waals surface area (Å²) in [6, 6.07) is 7.38. The summed E-state index contributed by atoms with van der Waals surface area (Å²) < 4.78 is 30.4. The molecular formula is C16H25N3O4S. The zero-order valence-electron chi connectivity index (χ0n) is 14.2. The average molecular weight is 355 g/mol. The molecule has 8 heteroatoms. The maximum Gasteiger partial charge on any atom is 0.239 e. The minimum absolute atomic E-state index is 0.183. The third kappa shape index (κ3) is 6.20. The zero-order valence-corrected chi connectivity index (χ0v) is 15.0. The Hall–Kier alpha value is -1.48. The lowest BCUT2D eigenvalue weighted by Gasteiger charge is -2.29. The van der Waals surface area contributed by atoms with Gasteiger partial charge in [0, 0.05) is 31.9 Å². The molecule has 1 aromatic rings. The van der Waals surface area contributed by atoms with Crippen LogP contribution in [0.25, 0.3) is 0 Å². The van der Waals surface area contributed by atoms with Crippen LogP contribution in [0.1, 0.15) is 5.56 Å². The van der Waals surface area contributed by atoms with Gasteiger partial charge in [0.15, 0.2) is 0 Å². The summed E-state index contributed by atoms with van der Waals surface area (Å²) in [6.45, 7) is 5.55. The smallest absolute Gasteiger partial charge is 0.239 e. The van der Waals surface area contributed by atoms with E-state index in [4.69, 9.17) is 4.74 Å². The topological polar surface area (TPSA) is 79.0 Å². The molecule has 0 aromatic heterocycles. The molecule has 7 nitrogen and oxygen atoms in total. The molecule has 1 N–H and O–H groups in total. The van der Waals surface area contributed by atoms with E-state index >= 15 is 0 Å². The minimum Gasteiger partial charge on any atom is -0.379 e. The highest BCUT2D eigenvalue weighted by Crippen LogP contribution is 2.09. The van der Waals surface area contributed by atoms with Crippen molar-refractivity contribution in [3.63, 3.8) is 0 Å². The molecule has 0 radical (unpaired) electrons. The van der Waals surface area contributed by atoms with E-state index in [0.29, 0.717) is 32.0 Å². The van der Waals surface area contributed by atoms with Gasteiger partial charge in [0.1, 0.15) is 0 Å². The molecule has 0 saturated carbocycles. The Bertz CT molecular complexity index is 640. The maximum absolute atomic E-state index is 12.2. The van der Waals surface area contributed by atoms with Gasteiger partial charge in [0.2, 0.25) is 15.9 Å². The highest BCUT2D eigenvalue weighted by Gasteiger charge is 2.21. The van der Waals surface area contributed by atoms with Crippen LogP contribution in [0.3, 0.4) is 0 Å². The number of hydrogen-bond acceptors (Lipinski definition) is 5. The predicted octanol–water partition coefficient (Wildman–Crippen LogP) is 0.527. The summed E-state index contributed by atoms with van der Waals surface area (Å²) in [5.74, 6) is -0.341. The number of aryl methyl sites for hydroxylation is 1. The molecule has 2 rings (SSSR count). The zero-order chi connectivity index (χ0) is 17.6. The molecule has 24 heavy (non-hydrogen) atoms. The van der Waals surface area contributed by atoms with E-state index in [9.17, 15) is 13.2 Å². The second-order valence-electron chi connectivity index (χ2n) is 5.96. The predicted molar refractivity (Wildman–Crippen MR) is 93.5 cm³/mol. The Labute approximate surface area is 143 Å². The van der Waals surface area contributed by atoms with Crippen LogP contribution in [0, 0.1) is 6.92 Å². The quantitative estimate of drug-likeness (QED) is 0.772. The average Bonchev–Trinajstić information content (AvgIpc) is 2.53. The summed E-state index contributed by atoms with van der Waals surface area (Å²) in [4.78, 5) is 14.3. The van der Waals surface area contributed by atoms with Crippen LogP contribution in [-0.2, 0) is 19.6 Å². The Balaban J connectivity index is 1.90. The summed E-state index contributed by atoms with van der Waals surface area (Å²) in [6.07, 6.45) is 1.13. The van der Waals surface area contributed by atoms with Crippen LogP contribution in [-0.4, -0.2) is 75.7 Å². The van der Waals surface area contributed by atoms with Gasteiger partial charge in [-0.3, -0.25) is 9.69 Å². The van der Waals surface area contributed by atoms with Gasteiger partial charge in [-0.2, -0.15) is 4.31 Å². The van der Waals surface area contributed by atoms with Crippen molar-refractivity contribution >= 4 is 21.6 Å². The van der Waals surface area contributed by atoms with Crippen molar-refractivity contribution in [3.05, 3.63) is 29.8 Å². The maximum atomic E-state index is 12.2. The van der Waals surface area contributed by atoms with Gasteiger partial charge in [0.25, 0.3) is 0 Å². The Morgan fingerprint density at radius 3 is 2.46 bits per heavy atom. The largest absolute Gasteiger partial charge is 0.379 e. The highest BCUT2D eigenvalue weighted by molar-refractivity contribution is 7.88. The monoisotopic (exact) mass is 355 g/mol. The van der Waals surface area contributed by atoms with Crippen LogP contribution in [0.15, 0.2) is 24.3 Å². The fourth-order valence-electron chi connectivity index (χ4n) is 2.44. The Morgan fingerprint density at radius 2 is 1.88 bits per heavy atom. The molecular weight excluding hydrogens is 330 g/mol. The van der Waals surface area contributed by atoms with Crippen LogP contribution in [0.5, 0.6) is 0 Å². The highest BCUT2D eigenvalue weighted by atomic mass is 32.2. The van der Waals surface area contributed by atoms with E-state index in [1.165, 1.54) is 4.31 Å². The summed E-state index contributed by atoms with van der Waals surface area (Å²) in [7, 11) is -3.45. The number of carbonyl (C=O) groups is 1. The first kappa shape index (κ1) is 18.9. The second-order valence-corrected chi connectivity index (χ2v) is 7.95. The van der Waals surface area contributed by atoms with E-state index in [1.54, 1.807) is 12.1 Å². The molecule has 0 atom stereocenters. The number of carbonyl (C=O) groups excluding carboxylic acids is 1. The first-order valence-corrected chi connectivity index (χ1v) is 9.81. The lowest BCUT2D eigenvalue weighted by Crippen LogP contribution is -2.45. The number of ether oxygens (including phenoxy) is 1. The summed E-state index contributed by atoms with van der Waals surface area (Å²) in [5, 5.41) is 2.73. The number of sulfonamides is 1. The van der Waals surface area contributed by atoms with Crippen LogP contribution in [0.4, 0.5) is 5.69 Å². The van der Waals surface area contributed by atoms with E-state index in [2.05, 4.69) is 10.2 Å². The lowest BCUT2D eigenvalue weighted by molar-refractivity contribution is -0.116.